The van der Waals surface area contributed by atoms with Gasteiger partial charge in [-0.2, -0.15) is 10.5 Å². The molecule has 1 aromatic rings. The van der Waals surface area contributed by atoms with Crippen molar-refractivity contribution in [1.82, 2.24) is 0 Å². The zero-order valence-electron chi connectivity index (χ0n) is 12.3. The Morgan fingerprint density at radius 3 is 2.55 bits per heavy atom. The summed E-state index contributed by atoms with van der Waals surface area (Å²) >= 11 is 5.99. The summed E-state index contributed by atoms with van der Waals surface area (Å²) in [6, 6.07) is 12.5. The molecule has 0 radical (unpaired) electrons. The standard InChI is InChI=1S/C19H17ClN2/c20-15-9-7-14(8-10-15)16-5-3-11-19(12-21,13-22)18-6-2-1-4-17(16)18/h3,5-10,16-17H,1-2,4,11H2/t16?,17-/m0/s1. The van der Waals surface area contributed by atoms with Crippen LogP contribution in [0.4, 0.5) is 0 Å². The summed E-state index contributed by atoms with van der Waals surface area (Å²) in [5, 5.41) is 20.0. The van der Waals surface area contributed by atoms with E-state index in [1.54, 1.807) is 0 Å². The van der Waals surface area contributed by atoms with E-state index in [1.807, 2.05) is 18.2 Å². The highest BCUT2D eigenvalue weighted by Crippen LogP contribution is 2.49. The molecule has 0 saturated heterocycles. The van der Waals surface area contributed by atoms with Crippen LogP contribution in [0.1, 0.15) is 37.2 Å². The van der Waals surface area contributed by atoms with Crippen LogP contribution in [-0.2, 0) is 0 Å². The number of nitrogens with zero attached hydrogens (tertiary/aromatic N) is 2. The number of hydrogen-bond acceptors (Lipinski definition) is 2. The maximum absolute atomic E-state index is 9.63. The quantitative estimate of drug-likeness (QED) is 0.674. The maximum atomic E-state index is 9.63. The summed E-state index contributed by atoms with van der Waals surface area (Å²) in [6.45, 7) is 0. The van der Waals surface area contributed by atoms with E-state index in [-0.39, 0.29) is 11.8 Å². The number of hydrogen-bond donors (Lipinski definition) is 0. The Labute approximate surface area is 136 Å². The van der Waals surface area contributed by atoms with Crippen molar-refractivity contribution in [3.05, 3.63) is 58.7 Å². The molecule has 3 rings (SSSR count). The Balaban J connectivity index is 2.07. The molecule has 1 aromatic carbocycles. The van der Waals surface area contributed by atoms with Crippen LogP contribution in [0.2, 0.25) is 5.02 Å². The van der Waals surface area contributed by atoms with Crippen molar-refractivity contribution >= 4 is 11.6 Å². The molecule has 3 heteroatoms. The van der Waals surface area contributed by atoms with Gasteiger partial charge >= 0.3 is 0 Å². The molecule has 0 bridgehead atoms. The Kier molecular flexibility index (Phi) is 4.06. The summed E-state index contributed by atoms with van der Waals surface area (Å²) in [5.41, 5.74) is 1.22. The van der Waals surface area contributed by atoms with E-state index in [4.69, 9.17) is 11.6 Å². The molecule has 0 N–H and O–H groups in total. The van der Waals surface area contributed by atoms with Crippen molar-refractivity contribution in [3.63, 3.8) is 0 Å². The van der Waals surface area contributed by atoms with Crippen LogP contribution < -0.4 is 0 Å². The fourth-order valence-electron chi connectivity index (χ4n) is 3.68. The molecular weight excluding hydrogens is 292 g/mol. The number of fused-ring (bicyclic) bond motifs is 1. The van der Waals surface area contributed by atoms with Crippen molar-refractivity contribution in [2.75, 3.05) is 0 Å². The van der Waals surface area contributed by atoms with E-state index in [1.165, 1.54) is 5.56 Å². The van der Waals surface area contributed by atoms with Crippen molar-refractivity contribution in [2.45, 2.75) is 31.6 Å². The van der Waals surface area contributed by atoms with Gasteiger partial charge in [-0.1, -0.05) is 42.0 Å². The number of rotatable bonds is 1. The van der Waals surface area contributed by atoms with Crippen LogP contribution in [0, 0.1) is 34.0 Å². The van der Waals surface area contributed by atoms with E-state index < -0.39 is 5.41 Å². The number of benzene rings is 1. The van der Waals surface area contributed by atoms with E-state index in [0.717, 1.165) is 29.9 Å². The molecule has 2 nitrogen and oxygen atoms in total. The van der Waals surface area contributed by atoms with Gasteiger partial charge in [-0.05, 0) is 48.4 Å². The molecular formula is C19H17ClN2. The molecule has 2 atom stereocenters. The van der Waals surface area contributed by atoms with Gasteiger partial charge in [-0.3, -0.25) is 0 Å². The second kappa shape index (κ2) is 5.99. The first-order chi connectivity index (χ1) is 10.7. The molecule has 2 aliphatic carbocycles. The molecule has 0 spiro atoms. The molecule has 0 saturated carbocycles. The van der Waals surface area contributed by atoms with Crippen molar-refractivity contribution in [1.29, 1.82) is 10.5 Å². The van der Waals surface area contributed by atoms with Crippen molar-refractivity contribution < 1.29 is 0 Å². The fraction of sp³-hybridized carbons (Fsp3) is 0.368. The minimum Gasteiger partial charge on any atom is -0.196 e. The lowest BCUT2D eigenvalue weighted by Crippen LogP contribution is -2.27. The number of allylic oxidation sites excluding steroid dienone is 4. The zero-order valence-corrected chi connectivity index (χ0v) is 13.1. The Bertz CT molecular complexity index is 686. The third-order valence-electron chi connectivity index (χ3n) is 4.81. The van der Waals surface area contributed by atoms with E-state index in [9.17, 15) is 10.5 Å². The van der Waals surface area contributed by atoms with Crippen molar-refractivity contribution in [3.8, 4) is 12.1 Å². The lowest BCUT2D eigenvalue weighted by Gasteiger charge is -2.34. The highest BCUT2D eigenvalue weighted by molar-refractivity contribution is 6.30. The number of halogens is 1. The normalized spacial score (nSPS) is 26.0. The molecule has 0 fully saturated rings. The molecule has 0 aromatic heterocycles. The summed E-state index contributed by atoms with van der Waals surface area (Å²) in [6.07, 6.45) is 9.88. The van der Waals surface area contributed by atoms with Crippen LogP contribution in [0.25, 0.3) is 0 Å². The SMILES string of the molecule is N#CC1(C#N)CC=CC(c2ccc(Cl)cc2)[C@@H]2CCCC=C21. The van der Waals surface area contributed by atoms with Gasteiger partial charge in [0.05, 0.1) is 12.1 Å². The van der Waals surface area contributed by atoms with Crippen LogP contribution in [0.15, 0.2) is 48.1 Å². The lowest BCUT2D eigenvalue weighted by atomic mass is 9.67. The van der Waals surface area contributed by atoms with E-state index in [0.29, 0.717) is 6.42 Å². The molecule has 110 valence electrons. The van der Waals surface area contributed by atoms with Crippen LogP contribution in [-0.4, -0.2) is 0 Å². The van der Waals surface area contributed by atoms with Gasteiger partial charge < -0.3 is 0 Å². The summed E-state index contributed by atoms with van der Waals surface area (Å²) in [7, 11) is 0. The van der Waals surface area contributed by atoms with Gasteiger partial charge in [0, 0.05) is 17.4 Å². The lowest BCUT2D eigenvalue weighted by molar-refractivity contribution is 0.416. The van der Waals surface area contributed by atoms with Gasteiger partial charge in [-0.15, -0.1) is 0 Å². The molecule has 0 heterocycles. The fourth-order valence-corrected chi connectivity index (χ4v) is 3.81. The van der Waals surface area contributed by atoms with Crippen LogP contribution >= 0.6 is 11.6 Å². The molecule has 0 amide bonds. The largest absolute Gasteiger partial charge is 0.196 e. The summed E-state index contributed by atoms with van der Waals surface area (Å²) in [4.78, 5) is 0. The highest BCUT2D eigenvalue weighted by Gasteiger charge is 2.42. The average molecular weight is 309 g/mol. The molecule has 22 heavy (non-hydrogen) atoms. The van der Waals surface area contributed by atoms with E-state index >= 15 is 0 Å². The minimum absolute atomic E-state index is 0.215. The topological polar surface area (TPSA) is 47.6 Å². The second-order valence-corrected chi connectivity index (χ2v) is 6.47. The van der Waals surface area contributed by atoms with Crippen LogP contribution in [0.5, 0.6) is 0 Å². The van der Waals surface area contributed by atoms with Gasteiger partial charge in [0.1, 0.15) is 0 Å². The first-order valence-electron chi connectivity index (χ1n) is 7.65. The van der Waals surface area contributed by atoms with Crippen LogP contribution in [0.3, 0.4) is 0 Å². The van der Waals surface area contributed by atoms with Gasteiger partial charge in [0.15, 0.2) is 5.41 Å². The molecule has 0 aliphatic heterocycles. The highest BCUT2D eigenvalue weighted by atomic mass is 35.5. The average Bonchev–Trinajstić information content (AvgIpc) is 2.73. The van der Waals surface area contributed by atoms with E-state index in [2.05, 4.69) is 36.4 Å². The summed E-state index contributed by atoms with van der Waals surface area (Å²) in [5.74, 6) is 0.445. The predicted octanol–water partition coefficient (Wildman–Crippen LogP) is 5.14. The van der Waals surface area contributed by atoms with Gasteiger partial charge in [0.2, 0.25) is 0 Å². The molecule has 1 unspecified atom stereocenters. The summed E-state index contributed by atoms with van der Waals surface area (Å²) < 4.78 is 0. The Hall–Kier alpha value is -2.03. The first-order valence-corrected chi connectivity index (χ1v) is 8.03. The van der Waals surface area contributed by atoms with Gasteiger partial charge in [0.25, 0.3) is 0 Å². The Morgan fingerprint density at radius 1 is 1.14 bits per heavy atom. The third kappa shape index (κ3) is 2.45. The zero-order chi connectivity index (χ0) is 15.6. The first kappa shape index (κ1) is 14.9. The predicted molar refractivity (Wildman–Crippen MR) is 87.0 cm³/mol. The molecule has 2 aliphatic rings. The smallest absolute Gasteiger partial charge is 0.168 e. The third-order valence-corrected chi connectivity index (χ3v) is 5.07. The monoisotopic (exact) mass is 308 g/mol. The Morgan fingerprint density at radius 2 is 1.86 bits per heavy atom. The maximum Gasteiger partial charge on any atom is 0.168 e. The number of nitriles is 2. The second-order valence-electron chi connectivity index (χ2n) is 6.04. The van der Waals surface area contributed by atoms with Crippen molar-refractivity contribution in [2.24, 2.45) is 11.3 Å². The van der Waals surface area contributed by atoms with Gasteiger partial charge in [-0.25, -0.2) is 0 Å². The minimum atomic E-state index is -0.997.